The van der Waals surface area contributed by atoms with Crippen LogP contribution in [0.2, 0.25) is 0 Å². The summed E-state index contributed by atoms with van der Waals surface area (Å²) >= 11 is 1.11. The molecule has 2 aromatic rings. The van der Waals surface area contributed by atoms with E-state index in [4.69, 9.17) is 0 Å². The first kappa shape index (κ1) is 15.6. The van der Waals surface area contributed by atoms with Crippen molar-refractivity contribution in [3.8, 4) is 0 Å². The molecule has 0 bridgehead atoms. The van der Waals surface area contributed by atoms with Gasteiger partial charge in [-0.2, -0.15) is 10.1 Å². The molecular weight excluding hydrogens is 310 g/mol. The molecule has 2 N–H and O–H groups in total. The van der Waals surface area contributed by atoms with E-state index < -0.39 is 4.92 Å². The third-order valence-corrected chi connectivity index (χ3v) is 3.45. The Hall–Kier alpha value is -2.75. The van der Waals surface area contributed by atoms with E-state index in [9.17, 15) is 19.7 Å². The van der Waals surface area contributed by atoms with E-state index in [0.717, 1.165) is 11.8 Å². The second kappa shape index (κ2) is 7.31. The summed E-state index contributed by atoms with van der Waals surface area (Å²) in [6.45, 7) is 0. The maximum atomic E-state index is 11.9. The van der Waals surface area contributed by atoms with Crippen LogP contribution >= 0.6 is 11.8 Å². The Morgan fingerprint density at radius 2 is 2.18 bits per heavy atom. The lowest BCUT2D eigenvalue weighted by molar-refractivity contribution is -0.384. The van der Waals surface area contributed by atoms with Crippen LogP contribution in [0.3, 0.4) is 0 Å². The van der Waals surface area contributed by atoms with Crippen LogP contribution in [-0.4, -0.2) is 43.3 Å². The summed E-state index contributed by atoms with van der Waals surface area (Å²) in [5, 5.41) is 19.2. The highest BCUT2D eigenvalue weighted by Crippen LogP contribution is 2.15. The van der Waals surface area contributed by atoms with Crippen LogP contribution in [0.5, 0.6) is 0 Å². The zero-order valence-corrected chi connectivity index (χ0v) is 12.0. The first-order valence-electron chi connectivity index (χ1n) is 6.07. The number of thioether (sulfide) groups is 1. The van der Waals surface area contributed by atoms with E-state index in [1.807, 2.05) is 0 Å². The number of amides is 1. The SMILES string of the molecule is O=C(CSCC(=O)c1cccc([N+](=O)[O-])c1)Nc1ncn[nH]1. The number of aromatic amines is 1. The number of nitrogens with zero attached hydrogens (tertiary/aromatic N) is 3. The van der Waals surface area contributed by atoms with Gasteiger partial charge in [-0.25, -0.2) is 5.10 Å². The molecule has 0 aliphatic heterocycles. The molecule has 2 rings (SSSR count). The number of Topliss-reactive ketones (excluding diaryl/α,β-unsaturated/α-hetero) is 1. The summed E-state index contributed by atoms with van der Waals surface area (Å²) in [6, 6.07) is 5.49. The molecule has 22 heavy (non-hydrogen) atoms. The fourth-order valence-corrected chi connectivity index (χ4v) is 2.26. The molecule has 9 nitrogen and oxygen atoms in total. The molecule has 1 heterocycles. The number of benzene rings is 1. The predicted octanol–water partition coefficient (Wildman–Crippen LogP) is 1.27. The van der Waals surface area contributed by atoms with Gasteiger partial charge in [0.2, 0.25) is 11.9 Å². The summed E-state index contributed by atoms with van der Waals surface area (Å²) in [6.07, 6.45) is 1.26. The second-order valence-corrected chi connectivity index (χ2v) is 5.09. The van der Waals surface area contributed by atoms with Crippen LogP contribution in [0.4, 0.5) is 11.6 Å². The lowest BCUT2D eigenvalue weighted by Crippen LogP contribution is -2.16. The average Bonchev–Trinajstić information content (AvgIpc) is 3.00. The van der Waals surface area contributed by atoms with E-state index in [1.54, 1.807) is 0 Å². The summed E-state index contributed by atoms with van der Waals surface area (Å²) in [5.74, 6) is -0.266. The van der Waals surface area contributed by atoms with Crippen LogP contribution in [-0.2, 0) is 4.79 Å². The van der Waals surface area contributed by atoms with Crippen LogP contribution in [0, 0.1) is 10.1 Å². The van der Waals surface area contributed by atoms with Crippen LogP contribution < -0.4 is 5.32 Å². The zero-order valence-electron chi connectivity index (χ0n) is 11.2. The maximum Gasteiger partial charge on any atom is 0.270 e. The van der Waals surface area contributed by atoms with Crippen LogP contribution in [0.15, 0.2) is 30.6 Å². The lowest BCUT2D eigenvalue weighted by atomic mass is 10.1. The highest BCUT2D eigenvalue weighted by Gasteiger charge is 2.12. The molecule has 0 atom stereocenters. The molecule has 0 saturated carbocycles. The van der Waals surface area contributed by atoms with Gasteiger partial charge in [-0.1, -0.05) is 12.1 Å². The number of H-pyrrole nitrogens is 1. The average molecular weight is 321 g/mol. The van der Waals surface area contributed by atoms with Gasteiger partial charge >= 0.3 is 0 Å². The Morgan fingerprint density at radius 1 is 1.36 bits per heavy atom. The first-order chi connectivity index (χ1) is 10.6. The normalized spacial score (nSPS) is 10.2. The molecule has 0 aliphatic carbocycles. The number of carbonyl (C=O) groups excluding carboxylic acids is 2. The summed E-state index contributed by atoms with van der Waals surface area (Å²) in [4.78, 5) is 37.3. The van der Waals surface area contributed by atoms with Crippen LogP contribution in [0.25, 0.3) is 0 Å². The molecule has 1 amide bonds. The number of ketones is 1. The van der Waals surface area contributed by atoms with Crippen molar-refractivity contribution in [1.29, 1.82) is 0 Å². The van der Waals surface area contributed by atoms with Gasteiger partial charge in [0.15, 0.2) is 5.78 Å². The Balaban J connectivity index is 1.81. The molecule has 10 heteroatoms. The van der Waals surface area contributed by atoms with Gasteiger partial charge in [0, 0.05) is 17.7 Å². The molecule has 1 aromatic heterocycles. The van der Waals surface area contributed by atoms with Crippen molar-refractivity contribution in [2.75, 3.05) is 16.8 Å². The van der Waals surface area contributed by atoms with E-state index >= 15 is 0 Å². The number of non-ortho nitro benzene ring substituents is 1. The fourth-order valence-electron chi connectivity index (χ4n) is 1.55. The number of aromatic nitrogens is 3. The minimum Gasteiger partial charge on any atom is -0.294 e. The number of nitro benzene ring substituents is 1. The number of carbonyl (C=O) groups is 2. The van der Waals surface area contributed by atoms with Gasteiger partial charge in [-0.15, -0.1) is 11.8 Å². The summed E-state index contributed by atoms with van der Waals surface area (Å²) < 4.78 is 0. The van der Waals surface area contributed by atoms with Crippen molar-refractivity contribution in [1.82, 2.24) is 15.2 Å². The lowest BCUT2D eigenvalue weighted by Gasteiger charge is -2.02. The molecule has 0 spiro atoms. The third-order valence-electron chi connectivity index (χ3n) is 2.52. The highest BCUT2D eigenvalue weighted by atomic mass is 32.2. The molecule has 0 fully saturated rings. The molecule has 0 radical (unpaired) electrons. The number of hydrogen-bond donors (Lipinski definition) is 2. The van der Waals surface area contributed by atoms with Gasteiger partial charge in [-0.3, -0.25) is 25.0 Å². The Bertz CT molecular complexity index is 689. The van der Waals surface area contributed by atoms with Crippen molar-refractivity contribution in [3.63, 3.8) is 0 Å². The van der Waals surface area contributed by atoms with E-state index in [0.29, 0.717) is 0 Å². The molecule has 114 valence electrons. The van der Waals surface area contributed by atoms with Crippen molar-refractivity contribution < 1.29 is 14.5 Å². The number of nitrogens with one attached hydrogen (secondary N) is 2. The summed E-state index contributed by atoms with van der Waals surface area (Å²) in [7, 11) is 0. The van der Waals surface area contributed by atoms with E-state index in [2.05, 4.69) is 20.5 Å². The standard InChI is InChI=1S/C12H11N5O4S/c18-10(8-2-1-3-9(4-8)17(20)21)5-22-6-11(19)15-12-13-7-14-16-12/h1-4,7H,5-6H2,(H2,13,14,15,16,19). The smallest absolute Gasteiger partial charge is 0.270 e. The highest BCUT2D eigenvalue weighted by molar-refractivity contribution is 8.00. The Kier molecular flexibility index (Phi) is 5.20. The van der Waals surface area contributed by atoms with E-state index in [-0.39, 0.29) is 40.4 Å². The molecule has 0 aliphatic rings. The number of rotatable bonds is 7. The number of anilines is 1. The number of hydrogen-bond acceptors (Lipinski definition) is 7. The van der Waals surface area contributed by atoms with Crippen molar-refractivity contribution in [2.24, 2.45) is 0 Å². The zero-order chi connectivity index (χ0) is 15.9. The van der Waals surface area contributed by atoms with Crippen LogP contribution in [0.1, 0.15) is 10.4 Å². The summed E-state index contributed by atoms with van der Waals surface area (Å²) in [5.41, 5.74) is 0.108. The number of nitro groups is 1. The minimum atomic E-state index is -0.561. The second-order valence-electron chi connectivity index (χ2n) is 4.11. The largest absolute Gasteiger partial charge is 0.294 e. The molecule has 1 aromatic carbocycles. The minimum absolute atomic E-state index is 0.0466. The quantitative estimate of drug-likeness (QED) is 0.446. The van der Waals surface area contributed by atoms with Gasteiger partial charge < -0.3 is 0 Å². The van der Waals surface area contributed by atoms with Gasteiger partial charge in [-0.05, 0) is 0 Å². The van der Waals surface area contributed by atoms with Gasteiger partial charge in [0.05, 0.1) is 16.4 Å². The molecule has 0 saturated heterocycles. The topological polar surface area (TPSA) is 131 Å². The Morgan fingerprint density at radius 3 is 2.86 bits per heavy atom. The predicted molar refractivity (Wildman–Crippen MR) is 79.8 cm³/mol. The van der Waals surface area contributed by atoms with Gasteiger partial charge in [0.1, 0.15) is 6.33 Å². The van der Waals surface area contributed by atoms with Crippen molar-refractivity contribution >= 4 is 35.1 Å². The van der Waals surface area contributed by atoms with Crippen molar-refractivity contribution in [2.45, 2.75) is 0 Å². The third kappa shape index (κ3) is 4.38. The molecular formula is C12H11N5O4S. The van der Waals surface area contributed by atoms with Gasteiger partial charge in [0.25, 0.3) is 5.69 Å². The monoisotopic (exact) mass is 321 g/mol. The maximum absolute atomic E-state index is 11.9. The fraction of sp³-hybridized carbons (Fsp3) is 0.167. The van der Waals surface area contributed by atoms with Crippen molar-refractivity contribution in [3.05, 3.63) is 46.3 Å². The Labute approximate surface area is 128 Å². The first-order valence-corrected chi connectivity index (χ1v) is 7.22. The molecule has 0 unspecified atom stereocenters. The van der Waals surface area contributed by atoms with E-state index in [1.165, 1.54) is 30.6 Å².